The number of hydrogen-bond acceptors (Lipinski definition) is 3. The van der Waals surface area contributed by atoms with Crippen LogP contribution in [-0.4, -0.2) is 38.6 Å². The van der Waals surface area contributed by atoms with Crippen LogP contribution in [0.1, 0.15) is 5.56 Å². The first-order chi connectivity index (χ1) is 11.8. The fourth-order valence-corrected chi connectivity index (χ4v) is 3.01. The number of benzene rings is 2. The van der Waals surface area contributed by atoms with Gasteiger partial charge in [-0.1, -0.05) is 30.3 Å². The van der Waals surface area contributed by atoms with E-state index >= 15 is 0 Å². The Morgan fingerprint density at radius 1 is 1.08 bits per heavy atom. The predicted octanol–water partition coefficient (Wildman–Crippen LogP) is 0.902. The second-order valence-electron chi connectivity index (χ2n) is 5.95. The third-order valence-corrected chi connectivity index (χ3v) is 4.32. The molecule has 0 saturated carbocycles. The number of carbonyl (C=O) groups excluding carboxylic acids is 1. The third kappa shape index (κ3) is 3.92. The zero-order valence-corrected chi connectivity index (χ0v) is 13.5. The van der Waals surface area contributed by atoms with Crippen LogP contribution in [-0.2, 0) is 4.79 Å². The molecule has 0 atom stereocenters. The van der Waals surface area contributed by atoms with Crippen LogP contribution in [0.5, 0.6) is 0 Å². The van der Waals surface area contributed by atoms with Crippen LogP contribution in [0, 0.1) is 11.3 Å². The number of amides is 1. The standard InChI is InChI=1S/C19H20N4O/c20-14-16-6-4-5-9-18(16)21-19(24)15-22-10-12-23(13-11-22)17-7-2-1-3-8-17/h1-9H,10-13,15H2,(H,21,24)/p+1. The summed E-state index contributed by atoms with van der Waals surface area (Å²) in [6, 6.07) is 19.6. The summed E-state index contributed by atoms with van der Waals surface area (Å²) in [5, 5.41) is 11.9. The van der Waals surface area contributed by atoms with Crippen LogP contribution in [0.25, 0.3) is 0 Å². The maximum absolute atomic E-state index is 12.2. The largest absolute Gasteiger partial charge is 0.360 e. The molecule has 0 aliphatic carbocycles. The molecule has 5 heteroatoms. The molecular formula is C19H21N4O+. The van der Waals surface area contributed by atoms with Gasteiger partial charge in [-0.3, -0.25) is 4.79 Å². The number of nitrogens with zero attached hydrogens (tertiary/aromatic N) is 2. The van der Waals surface area contributed by atoms with Crippen molar-refractivity contribution in [2.75, 3.05) is 42.9 Å². The van der Waals surface area contributed by atoms with Crippen LogP contribution in [0.15, 0.2) is 54.6 Å². The molecule has 1 amide bonds. The maximum atomic E-state index is 12.2. The first kappa shape index (κ1) is 16.0. The fraction of sp³-hybridized carbons (Fsp3) is 0.263. The van der Waals surface area contributed by atoms with Crippen molar-refractivity contribution in [3.8, 4) is 6.07 Å². The van der Waals surface area contributed by atoms with E-state index in [9.17, 15) is 4.79 Å². The lowest BCUT2D eigenvalue weighted by Gasteiger charge is -2.33. The van der Waals surface area contributed by atoms with Crippen molar-refractivity contribution >= 4 is 17.3 Å². The number of nitrogens with one attached hydrogen (secondary N) is 2. The fourth-order valence-electron chi connectivity index (χ4n) is 3.01. The van der Waals surface area contributed by atoms with Gasteiger partial charge in [0, 0.05) is 5.69 Å². The third-order valence-electron chi connectivity index (χ3n) is 4.32. The summed E-state index contributed by atoms with van der Waals surface area (Å²) in [6.45, 7) is 4.19. The van der Waals surface area contributed by atoms with E-state index in [-0.39, 0.29) is 5.91 Å². The monoisotopic (exact) mass is 321 g/mol. The van der Waals surface area contributed by atoms with Gasteiger partial charge in [0.25, 0.3) is 5.91 Å². The molecule has 0 aromatic heterocycles. The molecule has 1 fully saturated rings. The van der Waals surface area contributed by atoms with Gasteiger partial charge in [0.2, 0.25) is 0 Å². The molecule has 0 bridgehead atoms. The molecule has 5 nitrogen and oxygen atoms in total. The van der Waals surface area contributed by atoms with Gasteiger partial charge in [0.05, 0.1) is 37.4 Å². The molecule has 0 unspecified atom stereocenters. The van der Waals surface area contributed by atoms with E-state index in [0.29, 0.717) is 17.8 Å². The lowest BCUT2D eigenvalue weighted by atomic mass is 10.2. The Labute approximate surface area is 142 Å². The SMILES string of the molecule is N#Cc1ccccc1NC(=O)C[NH+]1CCN(c2ccccc2)CC1. The highest BCUT2D eigenvalue weighted by molar-refractivity contribution is 5.92. The molecular weight excluding hydrogens is 300 g/mol. The molecule has 2 aromatic rings. The minimum atomic E-state index is -0.0409. The van der Waals surface area contributed by atoms with Gasteiger partial charge in [0.15, 0.2) is 6.54 Å². The van der Waals surface area contributed by atoms with Crippen LogP contribution < -0.4 is 15.1 Å². The zero-order valence-electron chi connectivity index (χ0n) is 13.5. The number of nitriles is 1. The van der Waals surface area contributed by atoms with Gasteiger partial charge in [-0.05, 0) is 24.3 Å². The van der Waals surface area contributed by atoms with Crippen molar-refractivity contribution in [2.24, 2.45) is 0 Å². The Kier molecular flexibility index (Phi) is 5.09. The van der Waals surface area contributed by atoms with Gasteiger partial charge >= 0.3 is 0 Å². The Morgan fingerprint density at radius 2 is 1.75 bits per heavy atom. The van der Waals surface area contributed by atoms with Crippen molar-refractivity contribution in [2.45, 2.75) is 0 Å². The topological polar surface area (TPSA) is 60.6 Å². The van der Waals surface area contributed by atoms with E-state index in [1.807, 2.05) is 12.1 Å². The lowest BCUT2D eigenvalue weighted by Crippen LogP contribution is -3.15. The summed E-state index contributed by atoms with van der Waals surface area (Å²) in [5.41, 5.74) is 2.33. The highest BCUT2D eigenvalue weighted by Crippen LogP contribution is 2.13. The Balaban J connectivity index is 1.51. The average molecular weight is 321 g/mol. The first-order valence-electron chi connectivity index (χ1n) is 8.19. The van der Waals surface area contributed by atoms with Gasteiger partial charge in [-0.15, -0.1) is 0 Å². The van der Waals surface area contributed by atoms with E-state index in [4.69, 9.17) is 5.26 Å². The summed E-state index contributed by atoms with van der Waals surface area (Å²) < 4.78 is 0. The number of hydrogen-bond donors (Lipinski definition) is 2. The smallest absolute Gasteiger partial charge is 0.279 e. The van der Waals surface area contributed by atoms with E-state index in [1.165, 1.54) is 10.6 Å². The first-order valence-corrected chi connectivity index (χ1v) is 8.19. The molecule has 0 spiro atoms. The van der Waals surface area contributed by atoms with Crippen molar-refractivity contribution < 1.29 is 9.69 Å². The molecule has 1 aliphatic heterocycles. The molecule has 2 N–H and O–H groups in total. The number of quaternary nitrogens is 1. The lowest BCUT2D eigenvalue weighted by molar-refractivity contribution is -0.892. The number of carbonyl (C=O) groups is 1. The highest BCUT2D eigenvalue weighted by Gasteiger charge is 2.22. The Hall–Kier alpha value is -2.84. The van der Waals surface area contributed by atoms with Crippen LogP contribution in [0.3, 0.4) is 0 Å². The number of piperazine rings is 1. The van der Waals surface area contributed by atoms with Crippen LogP contribution >= 0.6 is 0 Å². The summed E-state index contributed by atoms with van der Waals surface area (Å²) in [6.07, 6.45) is 0. The van der Waals surface area contributed by atoms with E-state index in [1.54, 1.807) is 18.2 Å². The van der Waals surface area contributed by atoms with Gasteiger partial charge < -0.3 is 15.1 Å². The average Bonchev–Trinajstić information content (AvgIpc) is 2.63. The predicted molar refractivity (Wildman–Crippen MR) is 94.0 cm³/mol. The Bertz CT molecular complexity index is 731. The molecule has 1 saturated heterocycles. The molecule has 1 heterocycles. The van der Waals surface area contributed by atoms with Gasteiger partial charge in [0.1, 0.15) is 6.07 Å². The van der Waals surface area contributed by atoms with E-state index in [0.717, 1.165) is 26.2 Å². The molecule has 122 valence electrons. The molecule has 24 heavy (non-hydrogen) atoms. The number of anilines is 2. The van der Waals surface area contributed by atoms with Crippen molar-refractivity contribution in [1.29, 1.82) is 5.26 Å². The Morgan fingerprint density at radius 3 is 2.46 bits per heavy atom. The van der Waals surface area contributed by atoms with Crippen LogP contribution in [0.2, 0.25) is 0 Å². The summed E-state index contributed by atoms with van der Waals surface area (Å²) in [7, 11) is 0. The van der Waals surface area contributed by atoms with Gasteiger partial charge in [-0.25, -0.2) is 0 Å². The minimum absolute atomic E-state index is 0.0409. The number of para-hydroxylation sites is 2. The van der Waals surface area contributed by atoms with E-state index in [2.05, 4.69) is 40.6 Å². The zero-order chi connectivity index (χ0) is 16.8. The van der Waals surface area contributed by atoms with Crippen LogP contribution in [0.4, 0.5) is 11.4 Å². The molecule has 2 aromatic carbocycles. The second kappa shape index (κ2) is 7.62. The summed E-state index contributed by atoms with van der Waals surface area (Å²) in [5.74, 6) is -0.0409. The van der Waals surface area contributed by atoms with Gasteiger partial charge in [-0.2, -0.15) is 5.26 Å². The summed E-state index contributed by atoms with van der Waals surface area (Å²) >= 11 is 0. The van der Waals surface area contributed by atoms with Crippen molar-refractivity contribution in [1.82, 2.24) is 0 Å². The second-order valence-corrected chi connectivity index (χ2v) is 5.95. The minimum Gasteiger partial charge on any atom is -0.360 e. The highest BCUT2D eigenvalue weighted by atomic mass is 16.2. The molecule has 0 radical (unpaired) electrons. The quantitative estimate of drug-likeness (QED) is 0.880. The molecule has 1 aliphatic rings. The van der Waals surface area contributed by atoms with Crippen molar-refractivity contribution in [3.63, 3.8) is 0 Å². The number of rotatable bonds is 4. The van der Waals surface area contributed by atoms with E-state index < -0.39 is 0 Å². The molecule has 3 rings (SSSR count). The maximum Gasteiger partial charge on any atom is 0.279 e. The van der Waals surface area contributed by atoms with Crippen molar-refractivity contribution in [3.05, 3.63) is 60.2 Å². The normalized spacial score (nSPS) is 14.9. The summed E-state index contributed by atoms with van der Waals surface area (Å²) in [4.78, 5) is 15.9.